The van der Waals surface area contributed by atoms with Gasteiger partial charge in [0.1, 0.15) is 5.82 Å². The molecule has 27 heavy (non-hydrogen) atoms. The van der Waals surface area contributed by atoms with E-state index in [9.17, 15) is 9.18 Å². The third-order valence-electron chi connectivity index (χ3n) is 6.97. The second-order valence-corrected chi connectivity index (χ2v) is 8.64. The fraction of sp³-hybridized carbons (Fsp3) is 0.682. The van der Waals surface area contributed by atoms with Gasteiger partial charge in [0.05, 0.1) is 0 Å². The minimum atomic E-state index is -0.697. The highest BCUT2D eigenvalue weighted by atomic mass is 19.1. The van der Waals surface area contributed by atoms with E-state index in [2.05, 4.69) is 9.80 Å². The van der Waals surface area contributed by atoms with Gasteiger partial charge >= 0.3 is 5.97 Å². The summed E-state index contributed by atoms with van der Waals surface area (Å²) in [4.78, 5) is 16.3. The van der Waals surface area contributed by atoms with E-state index in [1.807, 2.05) is 12.1 Å². The van der Waals surface area contributed by atoms with Crippen LogP contribution in [0.25, 0.3) is 0 Å². The lowest BCUT2D eigenvalue weighted by molar-refractivity contribution is -0.137. The van der Waals surface area contributed by atoms with Crippen LogP contribution in [0.15, 0.2) is 24.3 Å². The zero-order valence-electron chi connectivity index (χ0n) is 16.0. The van der Waals surface area contributed by atoms with Gasteiger partial charge in [-0.1, -0.05) is 12.1 Å². The van der Waals surface area contributed by atoms with Crippen LogP contribution in [0.3, 0.4) is 0 Å². The molecule has 3 fully saturated rings. The first-order valence-electron chi connectivity index (χ1n) is 10.6. The Bertz CT molecular complexity index is 648. The Kier molecular flexibility index (Phi) is 5.79. The zero-order valence-corrected chi connectivity index (χ0v) is 16.0. The van der Waals surface area contributed by atoms with Crippen LogP contribution in [-0.2, 0) is 11.3 Å². The average molecular weight is 375 g/mol. The van der Waals surface area contributed by atoms with Gasteiger partial charge in [0.25, 0.3) is 0 Å². The summed E-state index contributed by atoms with van der Waals surface area (Å²) in [6, 6.07) is 8.01. The molecule has 0 bridgehead atoms. The largest absolute Gasteiger partial charge is 0.481 e. The fourth-order valence-corrected chi connectivity index (χ4v) is 5.95. The first-order chi connectivity index (χ1) is 13.1. The van der Waals surface area contributed by atoms with Crippen molar-refractivity contribution in [2.45, 2.75) is 63.6 Å². The summed E-state index contributed by atoms with van der Waals surface area (Å²) in [6.07, 6.45) is 7.07. The van der Waals surface area contributed by atoms with Crippen LogP contribution in [0.1, 0.15) is 50.5 Å². The van der Waals surface area contributed by atoms with Crippen molar-refractivity contribution in [3.63, 3.8) is 0 Å². The molecule has 4 atom stereocenters. The highest BCUT2D eigenvalue weighted by Crippen LogP contribution is 2.43. The summed E-state index contributed by atoms with van der Waals surface area (Å²) in [6.45, 7) is 4.40. The van der Waals surface area contributed by atoms with Crippen molar-refractivity contribution in [3.8, 4) is 0 Å². The topological polar surface area (TPSA) is 43.8 Å². The van der Waals surface area contributed by atoms with Crippen LogP contribution >= 0.6 is 0 Å². The van der Waals surface area contributed by atoms with Gasteiger partial charge in [0.15, 0.2) is 0 Å². The Morgan fingerprint density at radius 3 is 2.63 bits per heavy atom. The third kappa shape index (κ3) is 4.19. The van der Waals surface area contributed by atoms with Crippen molar-refractivity contribution >= 4 is 5.97 Å². The SMILES string of the molecule is O=C(O)CCC[C@@H]1[C@H]2CCCN3CCC[C@H](CN1Cc1ccc(F)cc1)[C@@H]23. The monoisotopic (exact) mass is 374 g/mol. The molecule has 1 N–H and O–H groups in total. The van der Waals surface area contributed by atoms with Crippen molar-refractivity contribution < 1.29 is 14.3 Å². The summed E-state index contributed by atoms with van der Waals surface area (Å²) in [7, 11) is 0. The molecule has 4 nitrogen and oxygen atoms in total. The number of nitrogens with zero attached hydrogens (tertiary/aromatic N) is 2. The van der Waals surface area contributed by atoms with Gasteiger partial charge in [-0.05, 0) is 81.1 Å². The second-order valence-electron chi connectivity index (χ2n) is 8.64. The van der Waals surface area contributed by atoms with E-state index in [4.69, 9.17) is 5.11 Å². The maximum atomic E-state index is 13.3. The molecular formula is C22H31FN2O2. The minimum absolute atomic E-state index is 0.189. The van der Waals surface area contributed by atoms with Crippen molar-refractivity contribution in [1.82, 2.24) is 9.80 Å². The van der Waals surface area contributed by atoms with Crippen molar-refractivity contribution in [1.29, 1.82) is 0 Å². The molecule has 3 aliphatic heterocycles. The zero-order chi connectivity index (χ0) is 18.8. The van der Waals surface area contributed by atoms with Crippen LogP contribution in [0, 0.1) is 17.7 Å². The van der Waals surface area contributed by atoms with E-state index < -0.39 is 5.97 Å². The average Bonchev–Trinajstić information content (AvgIpc) is 2.66. The maximum Gasteiger partial charge on any atom is 0.303 e. The number of hydrogen-bond donors (Lipinski definition) is 1. The number of benzene rings is 1. The number of rotatable bonds is 6. The number of halogens is 1. The summed E-state index contributed by atoms with van der Waals surface area (Å²) >= 11 is 0. The lowest BCUT2D eigenvalue weighted by Crippen LogP contribution is -2.64. The number of carboxylic acid groups (broad SMARTS) is 1. The van der Waals surface area contributed by atoms with Crippen LogP contribution in [-0.4, -0.2) is 52.6 Å². The lowest BCUT2D eigenvalue weighted by Gasteiger charge is -2.57. The Balaban J connectivity index is 1.54. The molecule has 0 amide bonds. The Morgan fingerprint density at radius 1 is 1.15 bits per heavy atom. The van der Waals surface area contributed by atoms with Gasteiger partial charge in [-0.2, -0.15) is 0 Å². The predicted molar refractivity (Wildman–Crippen MR) is 103 cm³/mol. The van der Waals surface area contributed by atoms with Gasteiger partial charge in [-0.3, -0.25) is 14.6 Å². The minimum Gasteiger partial charge on any atom is -0.481 e. The van der Waals surface area contributed by atoms with E-state index in [-0.39, 0.29) is 12.2 Å². The third-order valence-corrected chi connectivity index (χ3v) is 6.97. The van der Waals surface area contributed by atoms with Crippen LogP contribution in [0.2, 0.25) is 0 Å². The molecule has 0 aliphatic carbocycles. The van der Waals surface area contributed by atoms with Crippen LogP contribution in [0.5, 0.6) is 0 Å². The smallest absolute Gasteiger partial charge is 0.303 e. The Morgan fingerprint density at radius 2 is 1.89 bits per heavy atom. The van der Waals surface area contributed by atoms with Crippen molar-refractivity contribution in [3.05, 3.63) is 35.6 Å². The van der Waals surface area contributed by atoms with Gasteiger partial charge in [-0.15, -0.1) is 0 Å². The summed E-state index contributed by atoms with van der Waals surface area (Å²) in [5.74, 6) is 0.481. The Labute approximate surface area is 161 Å². The van der Waals surface area contributed by atoms with Crippen LogP contribution < -0.4 is 0 Å². The van der Waals surface area contributed by atoms with Gasteiger partial charge in [0.2, 0.25) is 0 Å². The van der Waals surface area contributed by atoms with E-state index in [1.165, 1.54) is 38.8 Å². The first kappa shape index (κ1) is 18.9. The molecule has 1 aromatic rings. The summed E-state index contributed by atoms with van der Waals surface area (Å²) < 4.78 is 13.3. The summed E-state index contributed by atoms with van der Waals surface area (Å²) in [5, 5.41) is 9.08. The molecule has 3 saturated heterocycles. The van der Waals surface area contributed by atoms with Crippen LogP contribution in [0.4, 0.5) is 4.39 Å². The highest BCUT2D eigenvalue weighted by molar-refractivity contribution is 5.66. The van der Waals surface area contributed by atoms with E-state index in [0.29, 0.717) is 18.0 Å². The molecule has 0 radical (unpaired) electrons. The van der Waals surface area contributed by atoms with E-state index in [0.717, 1.165) is 37.4 Å². The quantitative estimate of drug-likeness (QED) is 0.823. The van der Waals surface area contributed by atoms with E-state index in [1.54, 1.807) is 12.1 Å². The van der Waals surface area contributed by atoms with Gasteiger partial charge in [0, 0.05) is 31.6 Å². The highest BCUT2D eigenvalue weighted by Gasteiger charge is 2.48. The van der Waals surface area contributed by atoms with Crippen molar-refractivity contribution in [2.75, 3.05) is 19.6 Å². The van der Waals surface area contributed by atoms with Gasteiger partial charge < -0.3 is 5.11 Å². The number of carbonyl (C=O) groups is 1. The van der Waals surface area contributed by atoms with Gasteiger partial charge in [-0.25, -0.2) is 4.39 Å². The number of aliphatic carboxylic acids is 1. The first-order valence-corrected chi connectivity index (χ1v) is 10.6. The molecule has 3 heterocycles. The second kappa shape index (κ2) is 8.27. The Hall–Kier alpha value is -1.46. The standard InChI is InChI=1S/C22H31FN2O2/c23-18-10-8-16(9-11-18)14-25-15-17-4-2-12-24-13-3-5-19(22(17)24)20(25)6-1-7-21(26)27/h8-11,17,19-20,22H,1-7,12-15H2,(H,26,27)/t17-,19-,20-,22+/m1/s1. The molecule has 0 spiro atoms. The molecule has 5 heteroatoms. The molecule has 0 unspecified atom stereocenters. The maximum absolute atomic E-state index is 13.3. The van der Waals surface area contributed by atoms with E-state index >= 15 is 0 Å². The number of carboxylic acids is 1. The molecule has 0 aromatic heterocycles. The number of likely N-dealkylation sites (tertiary alicyclic amines) is 1. The summed E-state index contributed by atoms with van der Waals surface area (Å²) in [5.41, 5.74) is 1.15. The molecule has 1 aromatic carbocycles. The molecule has 4 rings (SSSR count). The molecule has 0 saturated carbocycles. The van der Waals surface area contributed by atoms with Crippen molar-refractivity contribution in [2.24, 2.45) is 11.8 Å². The molecule has 148 valence electrons. The number of piperidine rings is 3. The normalized spacial score (nSPS) is 31.4. The molecule has 3 aliphatic rings. The molecular weight excluding hydrogens is 343 g/mol. The number of hydrogen-bond acceptors (Lipinski definition) is 3. The predicted octanol–water partition coefficient (Wildman–Crippen LogP) is 3.76. The lowest BCUT2D eigenvalue weighted by atomic mass is 9.69. The fourth-order valence-electron chi connectivity index (χ4n) is 5.95.